The summed E-state index contributed by atoms with van der Waals surface area (Å²) in [6, 6.07) is 0. The summed E-state index contributed by atoms with van der Waals surface area (Å²) in [5.41, 5.74) is -0.476. The highest BCUT2D eigenvalue weighted by molar-refractivity contribution is 5.68. The summed E-state index contributed by atoms with van der Waals surface area (Å²) >= 11 is 0. The maximum atomic E-state index is 11.3. The first-order chi connectivity index (χ1) is 6.37. The first kappa shape index (κ1) is 16.1. The zero-order chi connectivity index (χ0) is 11.2. The lowest BCUT2D eigenvalue weighted by atomic mass is 10.2. The number of hydrogen-bond donors (Lipinski definition) is 2. The van der Waals surface area contributed by atoms with Gasteiger partial charge in [-0.1, -0.05) is 0 Å². The van der Waals surface area contributed by atoms with Crippen LogP contribution in [0.25, 0.3) is 0 Å². The molecule has 4 N–H and O–H groups in total. The number of rotatable bonds is 3. The van der Waals surface area contributed by atoms with Crippen molar-refractivity contribution in [1.29, 1.82) is 0 Å². The minimum atomic E-state index is -0.476. The van der Waals surface area contributed by atoms with Crippen LogP contribution < -0.4 is 6.15 Å². The molecule has 1 amide bonds. The van der Waals surface area contributed by atoms with E-state index in [1.807, 2.05) is 20.8 Å². The molecule has 6 heteroatoms. The molecule has 0 spiro atoms. The molecule has 0 fully saturated rings. The Bertz CT molecular complexity index is 211. The average molecular weight is 219 g/mol. The van der Waals surface area contributed by atoms with Crippen molar-refractivity contribution in [3.05, 3.63) is 0 Å². The Balaban J connectivity index is 0. The van der Waals surface area contributed by atoms with E-state index in [1.54, 1.807) is 7.05 Å². The molecule has 6 nitrogen and oxygen atoms in total. The lowest BCUT2D eigenvalue weighted by Crippen LogP contribution is -2.34. The fourth-order valence-electron chi connectivity index (χ4n) is 0.740. The van der Waals surface area contributed by atoms with Crippen LogP contribution in [0.5, 0.6) is 0 Å². The van der Waals surface area contributed by atoms with Crippen LogP contribution >= 0.6 is 0 Å². The normalized spacial score (nSPS) is 10.9. The molecule has 0 unspecified atom stereocenters. The van der Waals surface area contributed by atoms with E-state index < -0.39 is 5.60 Å². The van der Waals surface area contributed by atoms with Crippen molar-refractivity contribution in [2.24, 2.45) is 5.16 Å². The Morgan fingerprint density at radius 2 is 2.07 bits per heavy atom. The largest absolute Gasteiger partial charge is 0.444 e. The smallest absolute Gasteiger partial charge is 0.410 e. The average Bonchev–Trinajstić information content (AvgIpc) is 2.01. The van der Waals surface area contributed by atoms with Crippen LogP contribution in [-0.4, -0.2) is 41.6 Å². The molecule has 0 saturated carbocycles. The van der Waals surface area contributed by atoms with Crippen molar-refractivity contribution in [1.82, 2.24) is 11.1 Å². The number of hydrogen-bond acceptors (Lipinski definition) is 5. The molecule has 0 aliphatic rings. The number of ether oxygens (including phenoxy) is 1. The van der Waals surface area contributed by atoms with Crippen molar-refractivity contribution >= 4 is 12.3 Å². The van der Waals surface area contributed by atoms with Gasteiger partial charge in [-0.25, -0.2) is 4.79 Å². The van der Waals surface area contributed by atoms with Gasteiger partial charge in [0.25, 0.3) is 0 Å². The molecule has 0 aromatic rings. The Morgan fingerprint density at radius 3 is 2.47 bits per heavy atom. The molecule has 0 radical (unpaired) electrons. The molecular weight excluding hydrogens is 198 g/mol. The summed E-state index contributed by atoms with van der Waals surface area (Å²) < 4.78 is 5.11. The van der Waals surface area contributed by atoms with Gasteiger partial charge in [-0.05, 0) is 20.8 Å². The van der Waals surface area contributed by atoms with Gasteiger partial charge < -0.3 is 21.0 Å². The minimum Gasteiger partial charge on any atom is -0.444 e. The second kappa shape index (κ2) is 7.05. The van der Waals surface area contributed by atoms with E-state index in [4.69, 9.17) is 9.94 Å². The summed E-state index contributed by atoms with van der Waals surface area (Å²) in [4.78, 5) is 12.8. The lowest BCUT2D eigenvalue weighted by Gasteiger charge is -2.24. The molecular formula is C9H21N3O3. The van der Waals surface area contributed by atoms with E-state index in [2.05, 4.69) is 5.16 Å². The number of oxime groups is 1. The van der Waals surface area contributed by atoms with Crippen molar-refractivity contribution < 1.29 is 14.7 Å². The molecule has 90 valence electrons. The lowest BCUT2D eigenvalue weighted by molar-refractivity contribution is 0.0303. The van der Waals surface area contributed by atoms with Gasteiger partial charge in [0.2, 0.25) is 0 Å². The summed E-state index contributed by atoms with van der Waals surface area (Å²) in [5.74, 6) is 0. The molecule has 0 aromatic carbocycles. The third kappa shape index (κ3) is 9.01. The highest BCUT2D eigenvalue weighted by atomic mass is 16.6. The molecule has 0 heterocycles. The van der Waals surface area contributed by atoms with Gasteiger partial charge in [0.1, 0.15) is 5.60 Å². The first-order valence-corrected chi connectivity index (χ1v) is 4.47. The van der Waals surface area contributed by atoms with E-state index in [1.165, 1.54) is 11.1 Å². The summed E-state index contributed by atoms with van der Waals surface area (Å²) in [6.45, 7) is 5.91. The van der Waals surface area contributed by atoms with E-state index in [0.29, 0.717) is 13.0 Å². The second-order valence-electron chi connectivity index (χ2n) is 3.99. The maximum Gasteiger partial charge on any atom is 0.410 e. The molecule has 0 bridgehead atoms. The first-order valence-electron chi connectivity index (χ1n) is 4.47. The molecule has 0 aliphatic carbocycles. The zero-order valence-corrected chi connectivity index (χ0v) is 9.86. The minimum absolute atomic E-state index is 0. The third-order valence-corrected chi connectivity index (χ3v) is 1.38. The zero-order valence-electron chi connectivity index (χ0n) is 9.86. The number of amides is 1. The van der Waals surface area contributed by atoms with E-state index in [9.17, 15) is 4.79 Å². The quantitative estimate of drug-likeness (QED) is 0.430. The topological polar surface area (TPSA) is 97.1 Å². The van der Waals surface area contributed by atoms with Gasteiger partial charge in [0, 0.05) is 26.2 Å². The summed E-state index contributed by atoms with van der Waals surface area (Å²) in [6.07, 6.45) is 1.47. The van der Waals surface area contributed by atoms with Crippen molar-refractivity contribution in [2.45, 2.75) is 32.8 Å². The van der Waals surface area contributed by atoms with Crippen molar-refractivity contribution in [2.75, 3.05) is 13.6 Å². The number of nitrogens with zero attached hydrogens (tertiary/aromatic N) is 2. The van der Waals surface area contributed by atoms with Crippen LogP contribution in [0.15, 0.2) is 5.16 Å². The number of carbonyl (C=O) groups excluding carboxylic acids is 1. The summed E-state index contributed by atoms with van der Waals surface area (Å²) in [5, 5.41) is 11.0. The molecule has 0 aliphatic heterocycles. The van der Waals surface area contributed by atoms with Gasteiger partial charge in [-0.3, -0.25) is 0 Å². The van der Waals surface area contributed by atoms with Crippen LogP contribution in [0.1, 0.15) is 27.2 Å². The van der Waals surface area contributed by atoms with E-state index in [-0.39, 0.29) is 12.2 Å². The predicted octanol–water partition coefficient (Wildman–Crippen LogP) is 1.87. The van der Waals surface area contributed by atoms with Crippen LogP contribution in [0.4, 0.5) is 4.79 Å². The standard InChI is InChI=1S/C9H18N2O3.H3N/c1-9(2,3)14-8(12)11(4)7-5-6-10-13;/h6,13H,5,7H2,1-4H3;1H3/b10-6+;. The van der Waals surface area contributed by atoms with Crippen LogP contribution in [-0.2, 0) is 4.74 Å². The predicted molar refractivity (Wildman–Crippen MR) is 58.8 cm³/mol. The van der Waals surface area contributed by atoms with Gasteiger partial charge in [-0.2, -0.15) is 0 Å². The fourth-order valence-corrected chi connectivity index (χ4v) is 0.740. The Labute approximate surface area is 90.5 Å². The maximum absolute atomic E-state index is 11.3. The van der Waals surface area contributed by atoms with Crippen molar-refractivity contribution in [3.8, 4) is 0 Å². The molecule has 0 saturated heterocycles. The highest BCUT2D eigenvalue weighted by Crippen LogP contribution is 2.08. The second-order valence-corrected chi connectivity index (χ2v) is 3.99. The van der Waals surface area contributed by atoms with Crippen LogP contribution in [0.2, 0.25) is 0 Å². The monoisotopic (exact) mass is 219 g/mol. The van der Waals surface area contributed by atoms with Gasteiger partial charge >= 0.3 is 6.09 Å². The van der Waals surface area contributed by atoms with Gasteiger partial charge in [-0.15, -0.1) is 5.16 Å². The SMILES string of the molecule is CN(CC/C=N/O)C(=O)OC(C)(C)C.N. The molecule has 0 rings (SSSR count). The number of carbonyl (C=O) groups is 1. The molecule has 0 aromatic heterocycles. The summed E-state index contributed by atoms with van der Waals surface area (Å²) in [7, 11) is 1.64. The van der Waals surface area contributed by atoms with E-state index in [0.717, 1.165) is 0 Å². The van der Waals surface area contributed by atoms with E-state index >= 15 is 0 Å². The van der Waals surface area contributed by atoms with Crippen LogP contribution in [0.3, 0.4) is 0 Å². The van der Waals surface area contributed by atoms with Crippen LogP contribution in [0, 0.1) is 0 Å². The third-order valence-electron chi connectivity index (χ3n) is 1.38. The van der Waals surface area contributed by atoms with Crippen molar-refractivity contribution in [3.63, 3.8) is 0 Å². The molecule has 0 atom stereocenters. The Hall–Kier alpha value is -1.30. The van der Waals surface area contributed by atoms with Gasteiger partial charge in [0.15, 0.2) is 0 Å². The Kier molecular flexibility index (Phi) is 7.59. The highest BCUT2D eigenvalue weighted by Gasteiger charge is 2.18. The fraction of sp³-hybridized carbons (Fsp3) is 0.778. The van der Waals surface area contributed by atoms with Gasteiger partial charge in [0.05, 0.1) is 0 Å². The molecule has 15 heavy (non-hydrogen) atoms. The Morgan fingerprint density at radius 1 is 1.53 bits per heavy atom.